The molecule has 0 spiro atoms. The third-order valence-corrected chi connectivity index (χ3v) is 5.13. The second kappa shape index (κ2) is 5.92. The van der Waals surface area contributed by atoms with E-state index in [9.17, 15) is 13.2 Å². The van der Waals surface area contributed by atoms with Crippen LogP contribution in [0.4, 0.5) is 0 Å². The van der Waals surface area contributed by atoms with E-state index >= 15 is 0 Å². The highest BCUT2D eigenvalue weighted by molar-refractivity contribution is 7.89. The summed E-state index contributed by atoms with van der Waals surface area (Å²) >= 11 is 0. The molecule has 2 N–H and O–H groups in total. The topological polar surface area (TPSA) is 101 Å². The maximum atomic E-state index is 12.1. The fourth-order valence-corrected chi connectivity index (χ4v) is 3.69. The highest BCUT2D eigenvalue weighted by atomic mass is 32.2. The molecular weight excluding hydrogens is 282 g/mol. The van der Waals surface area contributed by atoms with Crippen molar-refractivity contribution in [2.24, 2.45) is 18.9 Å². The molecule has 8 heteroatoms. The lowest BCUT2D eigenvalue weighted by Crippen LogP contribution is -2.37. The molecule has 0 aromatic carbocycles. The first-order chi connectivity index (χ1) is 9.40. The second-order valence-corrected chi connectivity index (χ2v) is 6.96. The van der Waals surface area contributed by atoms with Gasteiger partial charge in [0, 0.05) is 19.8 Å². The molecule has 0 aliphatic heterocycles. The van der Waals surface area contributed by atoms with E-state index in [1.165, 1.54) is 17.1 Å². The Hall–Kier alpha value is -1.41. The normalized spacial score (nSPS) is 23.6. The summed E-state index contributed by atoms with van der Waals surface area (Å²) in [4.78, 5) is 11.3. The van der Waals surface area contributed by atoms with E-state index < -0.39 is 21.9 Å². The summed E-state index contributed by atoms with van der Waals surface area (Å²) in [7, 11) is -1.97. The van der Waals surface area contributed by atoms with Gasteiger partial charge in [0.25, 0.3) is 0 Å². The summed E-state index contributed by atoms with van der Waals surface area (Å²) < 4.78 is 28.0. The lowest BCUT2D eigenvalue weighted by Gasteiger charge is -2.28. The summed E-state index contributed by atoms with van der Waals surface area (Å²) in [5.41, 5.74) is 0. The van der Waals surface area contributed by atoms with Crippen molar-refractivity contribution in [1.82, 2.24) is 14.5 Å². The Morgan fingerprint density at radius 1 is 1.50 bits per heavy atom. The van der Waals surface area contributed by atoms with Crippen molar-refractivity contribution in [2.45, 2.75) is 30.6 Å². The van der Waals surface area contributed by atoms with Gasteiger partial charge in [-0.05, 0) is 18.8 Å². The van der Waals surface area contributed by atoms with Crippen LogP contribution in [0.15, 0.2) is 17.3 Å². The average Bonchev–Trinajstić information content (AvgIpc) is 2.84. The molecule has 20 heavy (non-hydrogen) atoms. The van der Waals surface area contributed by atoms with Crippen LogP contribution in [0.1, 0.15) is 25.7 Å². The van der Waals surface area contributed by atoms with E-state index in [1.54, 1.807) is 7.05 Å². The number of hydrogen-bond donors (Lipinski definition) is 2. The zero-order chi connectivity index (χ0) is 14.8. The third kappa shape index (κ3) is 3.37. The summed E-state index contributed by atoms with van der Waals surface area (Å²) in [6.07, 6.45) is 5.89. The minimum atomic E-state index is -3.61. The number of nitrogens with zero attached hydrogens (tertiary/aromatic N) is 2. The van der Waals surface area contributed by atoms with Gasteiger partial charge in [-0.15, -0.1) is 0 Å². The lowest BCUT2D eigenvalue weighted by atomic mass is 9.79. The van der Waals surface area contributed by atoms with Crippen LogP contribution in [-0.4, -0.2) is 35.8 Å². The molecule has 112 valence electrons. The van der Waals surface area contributed by atoms with Gasteiger partial charge in [0.1, 0.15) is 4.90 Å². The largest absolute Gasteiger partial charge is 0.481 e. The van der Waals surface area contributed by atoms with E-state index in [0.29, 0.717) is 6.42 Å². The van der Waals surface area contributed by atoms with Gasteiger partial charge >= 0.3 is 5.97 Å². The zero-order valence-electron chi connectivity index (χ0n) is 11.3. The fraction of sp³-hybridized carbons (Fsp3) is 0.667. The summed E-state index contributed by atoms with van der Waals surface area (Å²) in [5, 5.41) is 13.0. The molecule has 1 aliphatic carbocycles. The monoisotopic (exact) mass is 301 g/mol. The van der Waals surface area contributed by atoms with Gasteiger partial charge in [0.05, 0.1) is 12.1 Å². The van der Waals surface area contributed by atoms with Gasteiger partial charge in [-0.3, -0.25) is 9.48 Å². The Morgan fingerprint density at radius 2 is 2.20 bits per heavy atom. The van der Waals surface area contributed by atoms with Crippen molar-refractivity contribution in [3.05, 3.63) is 12.4 Å². The van der Waals surface area contributed by atoms with Crippen LogP contribution >= 0.6 is 0 Å². The van der Waals surface area contributed by atoms with E-state index in [2.05, 4.69) is 9.82 Å². The van der Waals surface area contributed by atoms with Crippen LogP contribution in [0.3, 0.4) is 0 Å². The fourth-order valence-electron chi connectivity index (χ4n) is 2.61. The standard InChI is InChI=1S/C12H19N3O4S/c1-15-8-10(7-13-15)20(18,19)14-6-9-4-2-3-5-11(9)12(16)17/h7-9,11,14H,2-6H2,1H3,(H,16,17). The number of sulfonamides is 1. The highest BCUT2D eigenvalue weighted by Gasteiger charge is 2.31. The molecule has 1 fully saturated rings. The molecule has 1 aliphatic rings. The van der Waals surface area contributed by atoms with Crippen molar-refractivity contribution < 1.29 is 18.3 Å². The van der Waals surface area contributed by atoms with E-state index in [-0.39, 0.29) is 17.4 Å². The van der Waals surface area contributed by atoms with Crippen molar-refractivity contribution in [1.29, 1.82) is 0 Å². The highest BCUT2D eigenvalue weighted by Crippen LogP contribution is 2.30. The lowest BCUT2D eigenvalue weighted by molar-refractivity contribution is -0.144. The van der Waals surface area contributed by atoms with Gasteiger partial charge in [0.15, 0.2) is 0 Å². The number of carboxylic acid groups (broad SMARTS) is 1. The SMILES string of the molecule is Cn1cc(S(=O)(=O)NCC2CCCCC2C(=O)O)cn1. The van der Waals surface area contributed by atoms with Crippen LogP contribution in [0, 0.1) is 11.8 Å². The summed E-state index contributed by atoms with van der Waals surface area (Å²) in [5.74, 6) is -1.44. The van der Waals surface area contributed by atoms with Crippen LogP contribution in [0.5, 0.6) is 0 Å². The van der Waals surface area contributed by atoms with Crippen LogP contribution in [-0.2, 0) is 21.9 Å². The Bertz CT molecular complexity index is 581. The summed E-state index contributed by atoms with van der Waals surface area (Å²) in [6, 6.07) is 0. The minimum absolute atomic E-state index is 0.0997. The first-order valence-corrected chi connectivity index (χ1v) is 8.09. The molecule has 2 rings (SSSR count). The molecule has 0 bridgehead atoms. The van der Waals surface area contributed by atoms with Crippen molar-refractivity contribution >= 4 is 16.0 Å². The van der Waals surface area contributed by atoms with E-state index in [1.807, 2.05) is 0 Å². The number of nitrogens with one attached hydrogen (secondary N) is 1. The Balaban J connectivity index is 2.01. The molecule has 0 radical (unpaired) electrons. The van der Waals surface area contributed by atoms with E-state index in [0.717, 1.165) is 19.3 Å². The molecular formula is C12H19N3O4S. The number of hydrogen-bond acceptors (Lipinski definition) is 4. The molecule has 2 atom stereocenters. The predicted octanol–water partition coefficient (Wildman–Crippen LogP) is 0.589. The number of aliphatic carboxylic acids is 1. The number of carboxylic acids is 1. The molecule has 1 aromatic heterocycles. The van der Waals surface area contributed by atoms with Crippen molar-refractivity contribution in [3.8, 4) is 0 Å². The van der Waals surface area contributed by atoms with Gasteiger partial charge in [-0.1, -0.05) is 12.8 Å². The molecule has 0 amide bonds. The second-order valence-electron chi connectivity index (χ2n) is 5.19. The molecule has 1 saturated carbocycles. The molecule has 2 unspecified atom stereocenters. The van der Waals surface area contributed by atoms with Crippen LogP contribution in [0.2, 0.25) is 0 Å². The van der Waals surface area contributed by atoms with Crippen molar-refractivity contribution in [3.63, 3.8) is 0 Å². The molecule has 7 nitrogen and oxygen atoms in total. The van der Waals surface area contributed by atoms with Gasteiger partial charge in [0.2, 0.25) is 10.0 Å². The zero-order valence-corrected chi connectivity index (χ0v) is 12.1. The average molecular weight is 301 g/mol. The van der Waals surface area contributed by atoms with Gasteiger partial charge < -0.3 is 5.11 Å². The number of aryl methyl sites for hydroxylation is 1. The number of rotatable bonds is 5. The maximum absolute atomic E-state index is 12.1. The number of carbonyl (C=O) groups is 1. The van der Waals surface area contributed by atoms with Gasteiger partial charge in [-0.25, -0.2) is 13.1 Å². The van der Waals surface area contributed by atoms with Gasteiger partial charge in [-0.2, -0.15) is 5.10 Å². The summed E-state index contributed by atoms with van der Waals surface area (Å²) in [6.45, 7) is 0.161. The Morgan fingerprint density at radius 3 is 2.80 bits per heavy atom. The van der Waals surface area contributed by atoms with Crippen LogP contribution in [0.25, 0.3) is 0 Å². The molecule has 0 saturated heterocycles. The predicted molar refractivity (Wildman–Crippen MR) is 71.5 cm³/mol. The quantitative estimate of drug-likeness (QED) is 0.829. The van der Waals surface area contributed by atoms with Crippen molar-refractivity contribution in [2.75, 3.05) is 6.54 Å². The molecule has 1 aromatic rings. The van der Waals surface area contributed by atoms with Crippen LogP contribution < -0.4 is 4.72 Å². The minimum Gasteiger partial charge on any atom is -0.481 e. The maximum Gasteiger partial charge on any atom is 0.306 e. The molecule has 1 heterocycles. The number of aromatic nitrogens is 2. The third-order valence-electron chi connectivity index (χ3n) is 3.75. The van der Waals surface area contributed by atoms with E-state index in [4.69, 9.17) is 5.11 Å². The first kappa shape index (κ1) is 15.0. The first-order valence-electron chi connectivity index (χ1n) is 6.61. The smallest absolute Gasteiger partial charge is 0.306 e. The Labute approximate surface area is 118 Å². The Kier molecular flexibility index (Phi) is 4.44.